The number of nitro benzene ring substituents is 1. The number of nitro groups is 1. The average Bonchev–Trinajstić information content (AvgIpc) is 2.41. The zero-order valence-electron chi connectivity index (χ0n) is 12.6. The summed E-state index contributed by atoms with van der Waals surface area (Å²) in [5.74, 6) is 0. The third kappa shape index (κ3) is 3.40. The Morgan fingerprint density at radius 2 is 2.00 bits per heavy atom. The van der Waals surface area contributed by atoms with Gasteiger partial charge in [0, 0.05) is 37.3 Å². The van der Waals surface area contributed by atoms with Crippen LogP contribution >= 0.6 is 12.4 Å². The van der Waals surface area contributed by atoms with Gasteiger partial charge in [0.15, 0.2) is 0 Å². The van der Waals surface area contributed by atoms with Crippen LogP contribution in [0.5, 0.6) is 0 Å². The first kappa shape index (κ1) is 18.8. The van der Waals surface area contributed by atoms with E-state index in [4.69, 9.17) is 0 Å². The summed E-state index contributed by atoms with van der Waals surface area (Å²) in [5.41, 5.74) is 0.288. The van der Waals surface area contributed by atoms with Crippen LogP contribution in [0.4, 0.5) is 5.69 Å². The molecule has 0 aromatic heterocycles. The van der Waals surface area contributed by atoms with Crippen molar-refractivity contribution in [1.29, 1.82) is 0 Å². The van der Waals surface area contributed by atoms with E-state index in [-0.39, 0.29) is 35.1 Å². The van der Waals surface area contributed by atoms with Crippen LogP contribution in [0.3, 0.4) is 0 Å². The number of nitrogens with zero attached hydrogens (tertiary/aromatic N) is 2. The summed E-state index contributed by atoms with van der Waals surface area (Å²) < 4.78 is 27.0. The standard InChI is InChI=1S/C13H19N3O4S.ClH/c1-9-8-12(16(17)18)4-5-13(9)21(19,20)15-7-6-14-10(2)11(15)3;/h4-5,8,10-11,14H,6-7H2,1-3H3;1H. The monoisotopic (exact) mass is 349 g/mol. The first-order valence-electron chi connectivity index (χ1n) is 6.75. The van der Waals surface area contributed by atoms with Crippen LogP contribution in [0.2, 0.25) is 0 Å². The van der Waals surface area contributed by atoms with Gasteiger partial charge in [-0.1, -0.05) is 0 Å². The smallest absolute Gasteiger partial charge is 0.269 e. The minimum atomic E-state index is -3.65. The lowest BCUT2D eigenvalue weighted by Gasteiger charge is -2.37. The number of hydrogen-bond donors (Lipinski definition) is 1. The lowest BCUT2D eigenvalue weighted by atomic mass is 10.1. The van der Waals surface area contributed by atoms with E-state index in [9.17, 15) is 18.5 Å². The largest absolute Gasteiger partial charge is 0.311 e. The molecule has 1 fully saturated rings. The summed E-state index contributed by atoms with van der Waals surface area (Å²) in [4.78, 5) is 10.4. The summed E-state index contributed by atoms with van der Waals surface area (Å²) in [6, 6.07) is 3.74. The molecule has 1 saturated heterocycles. The Morgan fingerprint density at radius 3 is 2.55 bits per heavy atom. The molecule has 1 heterocycles. The van der Waals surface area contributed by atoms with Gasteiger partial charge in [-0.25, -0.2) is 8.42 Å². The Bertz CT molecular complexity index is 665. The van der Waals surface area contributed by atoms with Crippen LogP contribution in [0.25, 0.3) is 0 Å². The Labute approximate surface area is 136 Å². The molecular formula is C13H20ClN3O4S. The summed E-state index contributed by atoms with van der Waals surface area (Å²) in [5, 5.41) is 14.0. The van der Waals surface area contributed by atoms with Gasteiger partial charge in [0.05, 0.1) is 9.82 Å². The number of hydrogen-bond acceptors (Lipinski definition) is 5. The van der Waals surface area contributed by atoms with Crippen molar-refractivity contribution in [3.63, 3.8) is 0 Å². The van der Waals surface area contributed by atoms with Crippen molar-refractivity contribution in [2.75, 3.05) is 13.1 Å². The molecule has 22 heavy (non-hydrogen) atoms. The maximum absolute atomic E-state index is 12.8. The van der Waals surface area contributed by atoms with Gasteiger partial charge >= 0.3 is 0 Å². The number of non-ortho nitro benzene ring substituents is 1. The van der Waals surface area contributed by atoms with Gasteiger partial charge in [0.1, 0.15) is 0 Å². The third-order valence-electron chi connectivity index (χ3n) is 3.93. The topological polar surface area (TPSA) is 92.5 Å². The van der Waals surface area contributed by atoms with Crippen LogP contribution in [-0.4, -0.2) is 42.8 Å². The van der Waals surface area contributed by atoms with Crippen molar-refractivity contribution in [3.8, 4) is 0 Å². The van der Waals surface area contributed by atoms with Crippen molar-refractivity contribution >= 4 is 28.1 Å². The molecule has 0 spiro atoms. The Balaban J connectivity index is 0.00000242. The molecule has 0 amide bonds. The lowest BCUT2D eigenvalue weighted by Crippen LogP contribution is -2.57. The third-order valence-corrected chi connectivity index (χ3v) is 6.08. The van der Waals surface area contributed by atoms with E-state index in [0.29, 0.717) is 18.7 Å². The van der Waals surface area contributed by atoms with Gasteiger partial charge < -0.3 is 5.32 Å². The van der Waals surface area contributed by atoms with Gasteiger partial charge in [-0.3, -0.25) is 10.1 Å². The second-order valence-corrected chi connectivity index (χ2v) is 7.17. The zero-order chi connectivity index (χ0) is 15.8. The van der Waals surface area contributed by atoms with E-state index in [2.05, 4.69) is 5.32 Å². The number of nitrogens with one attached hydrogen (secondary N) is 1. The zero-order valence-corrected chi connectivity index (χ0v) is 14.3. The predicted octanol–water partition coefficient (Wildman–Crippen LogP) is 1.70. The molecule has 0 saturated carbocycles. The first-order chi connectivity index (χ1) is 9.75. The average molecular weight is 350 g/mol. The van der Waals surface area contributed by atoms with Crippen LogP contribution in [0, 0.1) is 17.0 Å². The Hall–Kier alpha value is -1.22. The molecule has 1 aromatic rings. The predicted molar refractivity (Wildman–Crippen MR) is 85.9 cm³/mol. The maximum atomic E-state index is 12.8. The fourth-order valence-electron chi connectivity index (χ4n) is 2.53. The number of piperazine rings is 1. The van der Waals surface area contributed by atoms with Gasteiger partial charge in [0.2, 0.25) is 10.0 Å². The molecule has 0 radical (unpaired) electrons. The van der Waals surface area contributed by atoms with Crippen LogP contribution in [0.15, 0.2) is 23.1 Å². The van der Waals surface area contributed by atoms with Crippen LogP contribution < -0.4 is 5.32 Å². The minimum Gasteiger partial charge on any atom is -0.311 e. The van der Waals surface area contributed by atoms with Crippen molar-refractivity contribution in [1.82, 2.24) is 9.62 Å². The van der Waals surface area contributed by atoms with E-state index in [1.807, 2.05) is 13.8 Å². The molecule has 2 atom stereocenters. The summed E-state index contributed by atoms with van der Waals surface area (Å²) >= 11 is 0. The number of sulfonamides is 1. The SMILES string of the molecule is Cc1cc([N+](=O)[O-])ccc1S(=O)(=O)N1CCNC(C)C1C.Cl. The van der Waals surface area contributed by atoms with Crippen molar-refractivity contribution in [3.05, 3.63) is 33.9 Å². The number of halogens is 1. The van der Waals surface area contributed by atoms with Gasteiger partial charge in [-0.05, 0) is 32.4 Å². The summed E-state index contributed by atoms with van der Waals surface area (Å²) in [6.07, 6.45) is 0. The highest BCUT2D eigenvalue weighted by Gasteiger charge is 2.35. The highest BCUT2D eigenvalue weighted by atomic mass is 35.5. The van der Waals surface area contributed by atoms with Gasteiger partial charge in [0.25, 0.3) is 5.69 Å². The Morgan fingerprint density at radius 1 is 1.36 bits per heavy atom. The molecule has 0 aliphatic carbocycles. The van der Waals surface area contributed by atoms with E-state index in [0.717, 1.165) is 0 Å². The molecule has 124 valence electrons. The summed E-state index contributed by atoms with van der Waals surface area (Å²) in [6.45, 7) is 6.36. The van der Waals surface area contributed by atoms with E-state index >= 15 is 0 Å². The van der Waals surface area contributed by atoms with E-state index in [1.54, 1.807) is 6.92 Å². The van der Waals surface area contributed by atoms with Crippen LogP contribution in [-0.2, 0) is 10.0 Å². The van der Waals surface area contributed by atoms with E-state index in [1.165, 1.54) is 22.5 Å². The minimum absolute atomic E-state index is 0. The van der Waals surface area contributed by atoms with Crippen molar-refractivity contribution in [2.45, 2.75) is 37.8 Å². The van der Waals surface area contributed by atoms with Crippen LogP contribution in [0.1, 0.15) is 19.4 Å². The highest BCUT2D eigenvalue weighted by Crippen LogP contribution is 2.26. The lowest BCUT2D eigenvalue weighted by molar-refractivity contribution is -0.385. The molecule has 1 aromatic carbocycles. The quantitative estimate of drug-likeness (QED) is 0.662. The molecular weight excluding hydrogens is 330 g/mol. The first-order valence-corrected chi connectivity index (χ1v) is 8.19. The molecule has 2 unspecified atom stereocenters. The number of benzene rings is 1. The molecule has 2 rings (SSSR count). The summed E-state index contributed by atoms with van der Waals surface area (Å²) in [7, 11) is -3.65. The highest BCUT2D eigenvalue weighted by molar-refractivity contribution is 7.89. The maximum Gasteiger partial charge on any atom is 0.269 e. The fourth-order valence-corrected chi connectivity index (χ4v) is 4.44. The Kier molecular flexibility index (Phi) is 5.91. The molecule has 9 heteroatoms. The molecule has 0 bridgehead atoms. The number of aryl methyl sites for hydroxylation is 1. The molecule has 1 N–H and O–H groups in total. The van der Waals surface area contributed by atoms with Crippen molar-refractivity contribution in [2.24, 2.45) is 0 Å². The van der Waals surface area contributed by atoms with Gasteiger partial charge in [-0.15, -0.1) is 12.4 Å². The molecule has 1 aliphatic rings. The second kappa shape index (κ2) is 6.91. The fraction of sp³-hybridized carbons (Fsp3) is 0.538. The van der Waals surface area contributed by atoms with E-state index < -0.39 is 14.9 Å². The normalized spacial score (nSPS) is 22.9. The van der Waals surface area contributed by atoms with Gasteiger partial charge in [-0.2, -0.15) is 4.31 Å². The molecule has 7 nitrogen and oxygen atoms in total. The van der Waals surface area contributed by atoms with Crippen molar-refractivity contribution < 1.29 is 13.3 Å². The number of rotatable bonds is 3. The second-order valence-electron chi connectivity index (χ2n) is 5.31. The molecule has 1 aliphatic heterocycles.